The molecule has 6 nitrogen and oxygen atoms in total. The first kappa shape index (κ1) is 21.1. The van der Waals surface area contributed by atoms with Crippen molar-refractivity contribution in [2.45, 2.75) is 25.2 Å². The lowest BCUT2D eigenvalue weighted by Crippen LogP contribution is -2.38. The average Bonchev–Trinajstić information content (AvgIpc) is 3.22. The Morgan fingerprint density at radius 1 is 1.19 bits per heavy atom. The van der Waals surface area contributed by atoms with Gasteiger partial charge in [0.05, 0.1) is 32.2 Å². The third kappa shape index (κ3) is 4.06. The second kappa shape index (κ2) is 8.91. The van der Waals surface area contributed by atoms with Gasteiger partial charge in [-0.2, -0.15) is 5.26 Å². The summed E-state index contributed by atoms with van der Waals surface area (Å²) in [5.74, 6) is 1.86. The molecule has 1 aliphatic heterocycles. The maximum absolute atomic E-state index is 13.2. The van der Waals surface area contributed by atoms with Gasteiger partial charge in [0, 0.05) is 29.1 Å². The van der Waals surface area contributed by atoms with Crippen molar-refractivity contribution in [1.29, 1.82) is 5.26 Å². The predicted molar refractivity (Wildman–Crippen MR) is 120 cm³/mol. The van der Waals surface area contributed by atoms with E-state index in [4.69, 9.17) is 26.3 Å². The minimum absolute atomic E-state index is 0.0410. The highest BCUT2D eigenvalue weighted by atomic mass is 35.5. The number of aromatic amines is 1. The molecule has 0 unspecified atom stereocenters. The summed E-state index contributed by atoms with van der Waals surface area (Å²) in [4.78, 5) is 18.2. The van der Waals surface area contributed by atoms with Crippen molar-refractivity contribution in [3.63, 3.8) is 0 Å². The zero-order valence-corrected chi connectivity index (χ0v) is 18.3. The zero-order chi connectivity index (χ0) is 22.0. The van der Waals surface area contributed by atoms with E-state index in [1.807, 2.05) is 35.2 Å². The van der Waals surface area contributed by atoms with E-state index in [0.29, 0.717) is 23.8 Å². The summed E-state index contributed by atoms with van der Waals surface area (Å²) in [5.41, 5.74) is 3.18. The molecule has 0 aliphatic carbocycles. The Morgan fingerprint density at radius 2 is 1.87 bits per heavy atom. The molecule has 1 N–H and O–H groups in total. The summed E-state index contributed by atoms with van der Waals surface area (Å²) in [6.45, 7) is 1.29. The topological polar surface area (TPSA) is 78.3 Å². The predicted octanol–water partition coefficient (Wildman–Crippen LogP) is 4.92. The van der Waals surface area contributed by atoms with Crippen LogP contribution in [-0.4, -0.2) is 43.1 Å². The van der Waals surface area contributed by atoms with Crippen LogP contribution in [0.5, 0.6) is 11.5 Å². The van der Waals surface area contributed by atoms with Crippen molar-refractivity contribution in [3.05, 3.63) is 58.2 Å². The molecular formula is C24H24ClN3O3. The number of piperidine rings is 1. The molecule has 0 bridgehead atoms. The van der Waals surface area contributed by atoms with Crippen molar-refractivity contribution < 1.29 is 14.3 Å². The minimum Gasteiger partial charge on any atom is -0.496 e. The molecule has 1 aliphatic rings. The molecule has 1 saturated heterocycles. The van der Waals surface area contributed by atoms with Crippen LogP contribution in [0.3, 0.4) is 0 Å². The van der Waals surface area contributed by atoms with Gasteiger partial charge in [0.25, 0.3) is 5.91 Å². The molecule has 2 aromatic carbocycles. The van der Waals surface area contributed by atoms with E-state index < -0.39 is 0 Å². The molecule has 31 heavy (non-hydrogen) atoms. The van der Waals surface area contributed by atoms with Gasteiger partial charge < -0.3 is 19.4 Å². The quantitative estimate of drug-likeness (QED) is 0.614. The first-order valence-corrected chi connectivity index (χ1v) is 10.6. The number of benzene rings is 2. The van der Waals surface area contributed by atoms with Gasteiger partial charge in [0.1, 0.15) is 17.2 Å². The fourth-order valence-corrected chi connectivity index (χ4v) is 4.69. The van der Waals surface area contributed by atoms with Crippen LogP contribution < -0.4 is 9.47 Å². The number of nitrogens with one attached hydrogen (secondary N) is 1. The van der Waals surface area contributed by atoms with E-state index in [9.17, 15) is 4.79 Å². The molecule has 0 atom stereocenters. The Bertz CT molecular complexity index is 1130. The number of rotatable bonds is 5. The summed E-state index contributed by atoms with van der Waals surface area (Å²) >= 11 is 6.18. The summed E-state index contributed by atoms with van der Waals surface area (Å²) in [6, 6.07) is 13.4. The first-order valence-electron chi connectivity index (χ1n) is 10.2. The van der Waals surface area contributed by atoms with Crippen LogP contribution in [0.1, 0.15) is 40.4 Å². The highest BCUT2D eigenvalue weighted by Crippen LogP contribution is 2.40. The van der Waals surface area contributed by atoms with Crippen LogP contribution in [-0.2, 0) is 6.42 Å². The van der Waals surface area contributed by atoms with E-state index in [1.54, 1.807) is 20.3 Å². The first-order chi connectivity index (χ1) is 15.0. The molecule has 0 saturated carbocycles. The Hall–Kier alpha value is -3.17. The molecule has 7 heteroatoms. The van der Waals surface area contributed by atoms with E-state index in [-0.39, 0.29) is 18.2 Å². The SMILES string of the molecule is COc1cccc(OC)c1C1CCN(C(=O)c2cc3cc(Cl)cc(CC#N)c3[nH]2)CC1. The number of halogens is 1. The molecular weight excluding hydrogens is 414 g/mol. The highest BCUT2D eigenvalue weighted by molar-refractivity contribution is 6.31. The van der Waals surface area contributed by atoms with Crippen LogP contribution in [0.4, 0.5) is 0 Å². The number of carbonyl (C=O) groups is 1. The van der Waals surface area contributed by atoms with Gasteiger partial charge >= 0.3 is 0 Å². The molecule has 1 amide bonds. The number of fused-ring (bicyclic) bond motifs is 1. The summed E-state index contributed by atoms with van der Waals surface area (Å²) < 4.78 is 11.1. The third-order valence-electron chi connectivity index (χ3n) is 5.93. The lowest BCUT2D eigenvalue weighted by atomic mass is 9.88. The Balaban J connectivity index is 1.53. The van der Waals surface area contributed by atoms with Gasteiger partial charge in [-0.25, -0.2) is 0 Å². The number of H-pyrrole nitrogens is 1. The fraction of sp³-hybridized carbons (Fsp3) is 0.333. The standard InChI is InChI=1S/C24H24ClN3O3/c1-30-20-4-3-5-21(31-2)22(20)15-7-10-28(11-8-15)24(29)19-14-17-13-18(25)12-16(6-9-26)23(17)27-19/h3-5,12-15,27H,6-8,10-11H2,1-2H3. The van der Waals surface area contributed by atoms with Gasteiger partial charge in [-0.3, -0.25) is 4.79 Å². The largest absolute Gasteiger partial charge is 0.496 e. The number of aromatic nitrogens is 1. The average molecular weight is 438 g/mol. The van der Waals surface area contributed by atoms with Gasteiger partial charge in [-0.05, 0) is 54.7 Å². The normalized spacial score (nSPS) is 14.5. The maximum atomic E-state index is 13.2. The monoisotopic (exact) mass is 437 g/mol. The van der Waals surface area contributed by atoms with Gasteiger partial charge in [-0.15, -0.1) is 0 Å². The Kier molecular flexibility index (Phi) is 6.06. The van der Waals surface area contributed by atoms with Crippen LogP contribution >= 0.6 is 11.6 Å². The Labute approximate surface area is 186 Å². The molecule has 160 valence electrons. The van der Waals surface area contributed by atoms with Crippen LogP contribution in [0, 0.1) is 11.3 Å². The van der Waals surface area contributed by atoms with Crippen molar-refractivity contribution in [2.24, 2.45) is 0 Å². The number of nitrogens with zero attached hydrogens (tertiary/aromatic N) is 2. The number of methoxy groups -OCH3 is 2. The third-order valence-corrected chi connectivity index (χ3v) is 6.15. The maximum Gasteiger partial charge on any atom is 0.270 e. The van der Waals surface area contributed by atoms with Crippen molar-refractivity contribution in [3.8, 4) is 17.6 Å². The number of likely N-dealkylation sites (tertiary alicyclic amines) is 1. The van der Waals surface area contributed by atoms with E-state index in [2.05, 4.69) is 11.1 Å². The molecule has 0 spiro atoms. The highest BCUT2D eigenvalue weighted by Gasteiger charge is 2.29. The number of carbonyl (C=O) groups excluding carboxylic acids is 1. The van der Waals surface area contributed by atoms with Gasteiger partial charge in [-0.1, -0.05) is 17.7 Å². The summed E-state index contributed by atoms with van der Waals surface area (Å²) in [5, 5.41) is 10.5. The molecule has 1 fully saturated rings. The lowest BCUT2D eigenvalue weighted by molar-refractivity contribution is 0.0707. The van der Waals surface area contributed by atoms with Crippen LogP contribution in [0.15, 0.2) is 36.4 Å². The van der Waals surface area contributed by atoms with E-state index >= 15 is 0 Å². The minimum atomic E-state index is -0.0410. The van der Waals surface area contributed by atoms with E-state index in [0.717, 1.165) is 46.4 Å². The molecule has 3 aromatic rings. The number of hydrogen-bond donors (Lipinski definition) is 1. The van der Waals surface area contributed by atoms with Crippen molar-refractivity contribution in [2.75, 3.05) is 27.3 Å². The molecule has 4 rings (SSSR count). The van der Waals surface area contributed by atoms with Gasteiger partial charge in [0.2, 0.25) is 0 Å². The molecule has 2 heterocycles. The second-order valence-electron chi connectivity index (χ2n) is 7.69. The number of ether oxygens (including phenoxy) is 2. The molecule has 1 aromatic heterocycles. The van der Waals surface area contributed by atoms with Gasteiger partial charge in [0.15, 0.2) is 0 Å². The summed E-state index contributed by atoms with van der Waals surface area (Å²) in [7, 11) is 3.33. The van der Waals surface area contributed by atoms with Crippen molar-refractivity contribution >= 4 is 28.4 Å². The lowest BCUT2D eigenvalue weighted by Gasteiger charge is -2.33. The number of amides is 1. The second-order valence-corrected chi connectivity index (χ2v) is 8.13. The zero-order valence-electron chi connectivity index (χ0n) is 17.6. The molecule has 0 radical (unpaired) electrons. The smallest absolute Gasteiger partial charge is 0.270 e. The Morgan fingerprint density at radius 3 is 2.48 bits per heavy atom. The van der Waals surface area contributed by atoms with Crippen molar-refractivity contribution in [1.82, 2.24) is 9.88 Å². The number of hydrogen-bond acceptors (Lipinski definition) is 4. The summed E-state index contributed by atoms with van der Waals surface area (Å²) in [6.07, 6.45) is 1.89. The van der Waals surface area contributed by atoms with E-state index in [1.165, 1.54) is 0 Å². The van der Waals surface area contributed by atoms with Crippen LogP contribution in [0.25, 0.3) is 10.9 Å². The number of nitriles is 1. The fourth-order valence-electron chi connectivity index (χ4n) is 4.44. The van der Waals surface area contributed by atoms with Crippen LogP contribution in [0.2, 0.25) is 5.02 Å².